The number of pyridine rings is 1. The van der Waals surface area contributed by atoms with Crippen LogP contribution in [0.15, 0.2) is 17.1 Å². The van der Waals surface area contributed by atoms with E-state index in [9.17, 15) is 0 Å². The van der Waals surface area contributed by atoms with Gasteiger partial charge < -0.3 is 5.73 Å². The molecule has 0 spiro atoms. The van der Waals surface area contributed by atoms with E-state index < -0.39 is 0 Å². The van der Waals surface area contributed by atoms with E-state index >= 15 is 0 Å². The fourth-order valence-electron chi connectivity index (χ4n) is 2.38. The molecule has 0 saturated carbocycles. The van der Waals surface area contributed by atoms with Gasteiger partial charge in [-0.3, -0.25) is 4.99 Å². The zero-order chi connectivity index (χ0) is 15.1. The third kappa shape index (κ3) is 5.32. The Morgan fingerprint density at radius 1 is 1.25 bits per heavy atom. The monoisotopic (exact) mass is 275 g/mol. The maximum atomic E-state index is 5.96. The van der Waals surface area contributed by atoms with Crippen LogP contribution in [-0.4, -0.2) is 16.9 Å². The summed E-state index contributed by atoms with van der Waals surface area (Å²) in [5.74, 6) is 1.32. The van der Waals surface area contributed by atoms with E-state index in [2.05, 4.69) is 36.8 Å². The fraction of sp³-hybridized carbons (Fsp3) is 0.647. The zero-order valence-corrected chi connectivity index (χ0v) is 13.6. The van der Waals surface area contributed by atoms with Gasteiger partial charge in [-0.05, 0) is 51.2 Å². The van der Waals surface area contributed by atoms with E-state index in [1.165, 1.54) is 24.8 Å². The summed E-state index contributed by atoms with van der Waals surface area (Å²) in [5, 5.41) is 0. The Hall–Kier alpha value is -1.38. The number of rotatable bonds is 7. The molecule has 0 fully saturated rings. The molecule has 112 valence electrons. The molecule has 0 aliphatic rings. The molecule has 1 unspecified atom stereocenters. The van der Waals surface area contributed by atoms with Crippen LogP contribution in [-0.2, 0) is 6.42 Å². The van der Waals surface area contributed by atoms with Crippen molar-refractivity contribution in [1.82, 2.24) is 4.98 Å². The summed E-state index contributed by atoms with van der Waals surface area (Å²) in [7, 11) is 0. The fourth-order valence-corrected chi connectivity index (χ4v) is 2.38. The molecule has 2 N–H and O–H groups in total. The average molecular weight is 275 g/mol. The molecule has 20 heavy (non-hydrogen) atoms. The van der Waals surface area contributed by atoms with Crippen molar-refractivity contribution in [1.29, 1.82) is 0 Å². The molecular weight excluding hydrogens is 246 g/mol. The van der Waals surface area contributed by atoms with Gasteiger partial charge in [0.1, 0.15) is 11.5 Å². The molecule has 0 aliphatic carbocycles. The van der Waals surface area contributed by atoms with Crippen molar-refractivity contribution in [3.8, 4) is 0 Å². The van der Waals surface area contributed by atoms with Gasteiger partial charge in [0.25, 0.3) is 0 Å². The molecule has 0 aliphatic heterocycles. The molecule has 0 radical (unpaired) electrons. The van der Waals surface area contributed by atoms with Crippen molar-refractivity contribution in [3.63, 3.8) is 0 Å². The number of hydrogen-bond donors (Lipinski definition) is 1. The zero-order valence-electron chi connectivity index (χ0n) is 13.6. The molecule has 0 amide bonds. The lowest BCUT2D eigenvalue weighted by Gasteiger charge is -2.12. The van der Waals surface area contributed by atoms with Gasteiger partial charge in [0, 0.05) is 11.7 Å². The predicted octanol–water partition coefficient (Wildman–Crippen LogP) is 3.87. The second-order valence-corrected chi connectivity index (χ2v) is 5.98. The van der Waals surface area contributed by atoms with Crippen LogP contribution in [0.4, 0.5) is 0 Å². The molecule has 0 saturated heterocycles. The summed E-state index contributed by atoms with van der Waals surface area (Å²) < 4.78 is 0. The second kappa shape index (κ2) is 8.03. The van der Waals surface area contributed by atoms with E-state index in [4.69, 9.17) is 5.73 Å². The summed E-state index contributed by atoms with van der Waals surface area (Å²) in [6.45, 7) is 10.7. The van der Waals surface area contributed by atoms with Crippen LogP contribution in [0.2, 0.25) is 0 Å². The number of aromatic nitrogens is 1. The highest BCUT2D eigenvalue weighted by Crippen LogP contribution is 2.16. The molecular formula is C17H29N3. The lowest BCUT2D eigenvalue weighted by Crippen LogP contribution is -2.18. The van der Waals surface area contributed by atoms with Crippen molar-refractivity contribution in [2.45, 2.75) is 66.3 Å². The van der Waals surface area contributed by atoms with Gasteiger partial charge in [-0.25, -0.2) is 4.98 Å². The van der Waals surface area contributed by atoms with Crippen LogP contribution in [0.3, 0.4) is 0 Å². The Balaban J connectivity index is 2.73. The summed E-state index contributed by atoms with van der Waals surface area (Å²) >= 11 is 0. The van der Waals surface area contributed by atoms with Gasteiger partial charge in [0.2, 0.25) is 0 Å². The Kier molecular flexibility index (Phi) is 6.69. The average Bonchev–Trinajstić information content (AvgIpc) is 2.36. The SMILES string of the molecule is CCCC(C)CCc1ccc(C(N)=NC(C)C)nc1C. The molecule has 1 rings (SSSR count). The van der Waals surface area contributed by atoms with Gasteiger partial charge >= 0.3 is 0 Å². The minimum absolute atomic E-state index is 0.201. The van der Waals surface area contributed by atoms with Crippen molar-refractivity contribution >= 4 is 5.84 Å². The highest BCUT2D eigenvalue weighted by molar-refractivity contribution is 5.95. The molecule has 1 aromatic heterocycles. The van der Waals surface area contributed by atoms with E-state index in [1.54, 1.807) is 0 Å². The molecule has 1 atom stereocenters. The number of nitrogens with zero attached hydrogens (tertiary/aromatic N) is 2. The first-order valence-corrected chi connectivity index (χ1v) is 7.74. The number of aryl methyl sites for hydroxylation is 2. The van der Waals surface area contributed by atoms with E-state index in [0.717, 1.165) is 23.7 Å². The largest absolute Gasteiger partial charge is 0.382 e. The van der Waals surface area contributed by atoms with E-state index in [-0.39, 0.29) is 6.04 Å². The van der Waals surface area contributed by atoms with Crippen LogP contribution in [0.5, 0.6) is 0 Å². The van der Waals surface area contributed by atoms with Crippen molar-refractivity contribution in [2.24, 2.45) is 16.6 Å². The van der Waals surface area contributed by atoms with Crippen molar-refractivity contribution in [2.75, 3.05) is 0 Å². The topological polar surface area (TPSA) is 51.3 Å². The number of nitrogens with two attached hydrogens (primary N) is 1. The third-order valence-corrected chi connectivity index (χ3v) is 3.54. The number of hydrogen-bond acceptors (Lipinski definition) is 2. The van der Waals surface area contributed by atoms with E-state index in [0.29, 0.717) is 5.84 Å². The Morgan fingerprint density at radius 3 is 2.50 bits per heavy atom. The Morgan fingerprint density at radius 2 is 1.95 bits per heavy atom. The van der Waals surface area contributed by atoms with Crippen LogP contribution >= 0.6 is 0 Å². The highest BCUT2D eigenvalue weighted by Gasteiger charge is 2.07. The molecule has 1 aromatic rings. The highest BCUT2D eigenvalue weighted by atomic mass is 14.9. The summed E-state index contributed by atoms with van der Waals surface area (Å²) in [4.78, 5) is 8.94. The molecule has 0 aromatic carbocycles. The lowest BCUT2D eigenvalue weighted by atomic mass is 9.96. The Bertz CT molecular complexity index is 450. The first-order chi connectivity index (χ1) is 9.43. The quantitative estimate of drug-likeness (QED) is 0.606. The summed E-state index contributed by atoms with van der Waals surface area (Å²) in [6.07, 6.45) is 4.89. The predicted molar refractivity (Wildman–Crippen MR) is 87.2 cm³/mol. The van der Waals surface area contributed by atoms with E-state index in [1.807, 2.05) is 19.9 Å². The maximum absolute atomic E-state index is 5.96. The van der Waals surface area contributed by atoms with Gasteiger partial charge in [-0.15, -0.1) is 0 Å². The molecule has 3 heteroatoms. The molecule has 0 bridgehead atoms. The van der Waals surface area contributed by atoms with Crippen molar-refractivity contribution < 1.29 is 0 Å². The summed E-state index contributed by atoms with van der Waals surface area (Å²) in [5.41, 5.74) is 9.16. The number of aliphatic imine (C=N–C) groups is 1. The number of amidine groups is 1. The minimum atomic E-state index is 0.201. The minimum Gasteiger partial charge on any atom is -0.382 e. The van der Waals surface area contributed by atoms with Gasteiger partial charge in [-0.2, -0.15) is 0 Å². The Labute approximate surface area is 123 Å². The van der Waals surface area contributed by atoms with Crippen LogP contribution in [0.25, 0.3) is 0 Å². The van der Waals surface area contributed by atoms with Crippen LogP contribution in [0, 0.1) is 12.8 Å². The van der Waals surface area contributed by atoms with Gasteiger partial charge in [0.05, 0.1) is 0 Å². The molecule has 1 heterocycles. The van der Waals surface area contributed by atoms with Crippen LogP contribution in [0.1, 0.15) is 63.9 Å². The lowest BCUT2D eigenvalue weighted by molar-refractivity contribution is 0.485. The van der Waals surface area contributed by atoms with Gasteiger partial charge in [0.15, 0.2) is 0 Å². The first-order valence-electron chi connectivity index (χ1n) is 7.74. The summed E-state index contributed by atoms with van der Waals surface area (Å²) in [6, 6.07) is 4.35. The second-order valence-electron chi connectivity index (χ2n) is 5.98. The van der Waals surface area contributed by atoms with Crippen LogP contribution < -0.4 is 5.73 Å². The third-order valence-electron chi connectivity index (χ3n) is 3.54. The normalized spacial score (nSPS) is 13.8. The van der Waals surface area contributed by atoms with Gasteiger partial charge in [-0.1, -0.05) is 32.8 Å². The molecule has 3 nitrogen and oxygen atoms in total. The first kappa shape index (κ1) is 16.7. The maximum Gasteiger partial charge on any atom is 0.144 e. The van der Waals surface area contributed by atoms with Crippen molar-refractivity contribution in [3.05, 3.63) is 29.1 Å². The smallest absolute Gasteiger partial charge is 0.144 e. The standard InChI is InChI=1S/C17H29N3/c1-6-7-13(4)8-9-15-10-11-16(20-14(15)5)17(18)19-12(2)3/h10-13H,6-9H2,1-5H3,(H2,18,19).